The van der Waals surface area contributed by atoms with Gasteiger partial charge in [0.1, 0.15) is 6.07 Å². The lowest BCUT2D eigenvalue weighted by Crippen LogP contribution is -2.05. The Morgan fingerprint density at radius 3 is 3.27 bits per heavy atom. The van der Waals surface area contributed by atoms with Gasteiger partial charge in [-0.2, -0.15) is 15.6 Å². The molecule has 56 valence electrons. The number of aromatic amines is 1. The van der Waals surface area contributed by atoms with Crippen molar-refractivity contribution in [1.29, 1.82) is 5.26 Å². The first-order chi connectivity index (χ1) is 5.34. The first-order valence-electron chi connectivity index (χ1n) is 2.74. The second kappa shape index (κ2) is 3.31. The van der Waals surface area contributed by atoms with Gasteiger partial charge in [-0.05, 0) is 0 Å². The first kappa shape index (κ1) is 7.21. The highest BCUT2D eigenvalue weighted by molar-refractivity contribution is 5.86. The molecule has 0 aromatic carbocycles. The van der Waals surface area contributed by atoms with E-state index in [1.807, 2.05) is 0 Å². The maximum atomic E-state index is 10.8. The SMILES string of the molecule is N#CCOC(=O)c1cn[nH]n1. The van der Waals surface area contributed by atoms with Crippen molar-refractivity contribution in [3.8, 4) is 6.07 Å². The minimum atomic E-state index is -0.653. The smallest absolute Gasteiger partial charge is 0.361 e. The molecule has 0 aliphatic rings. The number of hydrogen-bond acceptors (Lipinski definition) is 5. The lowest BCUT2D eigenvalue weighted by molar-refractivity contribution is 0.0548. The highest BCUT2D eigenvalue weighted by atomic mass is 16.5. The molecule has 0 bridgehead atoms. The number of rotatable bonds is 2. The summed E-state index contributed by atoms with van der Waals surface area (Å²) in [5, 5.41) is 17.1. The van der Waals surface area contributed by atoms with E-state index >= 15 is 0 Å². The van der Waals surface area contributed by atoms with Crippen LogP contribution in [0.3, 0.4) is 0 Å². The molecule has 0 saturated carbocycles. The van der Waals surface area contributed by atoms with Gasteiger partial charge in [0.25, 0.3) is 0 Å². The van der Waals surface area contributed by atoms with Crippen LogP contribution >= 0.6 is 0 Å². The second-order valence-electron chi connectivity index (χ2n) is 1.59. The molecule has 1 aromatic rings. The van der Waals surface area contributed by atoms with Crippen LogP contribution < -0.4 is 0 Å². The molecule has 0 aliphatic heterocycles. The Balaban J connectivity index is 2.51. The van der Waals surface area contributed by atoms with Gasteiger partial charge in [-0.15, -0.1) is 5.10 Å². The molecule has 0 atom stereocenters. The van der Waals surface area contributed by atoms with E-state index in [-0.39, 0.29) is 12.3 Å². The number of nitriles is 1. The van der Waals surface area contributed by atoms with E-state index < -0.39 is 5.97 Å². The number of H-pyrrole nitrogens is 1. The largest absolute Gasteiger partial charge is 0.445 e. The zero-order valence-electron chi connectivity index (χ0n) is 5.44. The molecule has 11 heavy (non-hydrogen) atoms. The van der Waals surface area contributed by atoms with Crippen molar-refractivity contribution >= 4 is 5.97 Å². The highest BCUT2D eigenvalue weighted by Crippen LogP contribution is 1.91. The van der Waals surface area contributed by atoms with Crippen LogP contribution in [-0.2, 0) is 4.74 Å². The Kier molecular flexibility index (Phi) is 2.17. The second-order valence-corrected chi connectivity index (χ2v) is 1.59. The van der Waals surface area contributed by atoms with E-state index in [1.165, 1.54) is 6.20 Å². The quantitative estimate of drug-likeness (QED) is 0.576. The molecule has 0 unspecified atom stereocenters. The molecule has 1 N–H and O–H groups in total. The average Bonchev–Trinajstić information content (AvgIpc) is 2.52. The van der Waals surface area contributed by atoms with Gasteiger partial charge in [-0.3, -0.25) is 0 Å². The molecule has 0 spiro atoms. The molecule has 0 aliphatic carbocycles. The molecule has 0 fully saturated rings. The van der Waals surface area contributed by atoms with Crippen LogP contribution in [0.4, 0.5) is 0 Å². The van der Waals surface area contributed by atoms with E-state index in [2.05, 4.69) is 20.1 Å². The number of carbonyl (C=O) groups is 1. The maximum absolute atomic E-state index is 10.8. The molecule has 6 heteroatoms. The zero-order chi connectivity index (χ0) is 8.10. The maximum Gasteiger partial charge on any atom is 0.361 e. The third-order valence-corrected chi connectivity index (χ3v) is 0.892. The van der Waals surface area contributed by atoms with Crippen LogP contribution in [0.25, 0.3) is 0 Å². The molecule has 1 rings (SSSR count). The molecule has 1 heterocycles. The van der Waals surface area contributed by atoms with Gasteiger partial charge in [0, 0.05) is 0 Å². The molecule has 1 aromatic heterocycles. The van der Waals surface area contributed by atoms with E-state index in [1.54, 1.807) is 6.07 Å². The number of nitrogens with zero attached hydrogens (tertiary/aromatic N) is 3. The third kappa shape index (κ3) is 1.76. The van der Waals surface area contributed by atoms with Crippen LogP contribution in [-0.4, -0.2) is 28.0 Å². The van der Waals surface area contributed by atoms with E-state index in [4.69, 9.17) is 5.26 Å². The molecule has 0 amide bonds. The van der Waals surface area contributed by atoms with Gasteiger partial charge < -0.3 is 4.74 Å². The fourth-order valence-corrected chi connectivity index (χ4v) is 0.472. The van der Waals surface area contributed by atoms with Gasteiger partial charge in [-0.25, -0.2) is 4.79 Å². The minimum absolute atomic E-state index is 0.0697. The Hall–Kier alpha value is -1.90. The zero-order valence-corrected chi connectivity index (χ0v) is 5.44. The van der Waals surface area contributed by atoms with E-state index in [0.717, 1.165) is 0 Å². The summed E-state index contributed by atoms with van der Waals surface area (Å²) in [5.74, 6) is -0.653. The van der Waals surface area contributed by atoms with Crippen LogP contribution in [0, 0.1) is 11.3 Å². The summed E-state index contributed by atoms with van der Waals surface area (Å²) in [6.45, 7) is -0.272. The number of hydrogen-bond donors (Lipinski definition) is 1. The Morgan fingerprint density at radius 1 is 1.91 bits per heavy atom. The fourth-order valence-electron chi connectivity index (χ4n) is 0.472. The van der Waals surface area contributed by atoms with Gasteiger partial charge >= 0.3 is 5.97 Å². The summed E-state index contributed by atoms with van der Waals surface area (Å²) in [5.41, 5.74) is 0.0697. The van der Waals surface area contributed by atoms with Crippen LogP contribution in [0.1, 0.15) is 10.5 Å². The van der Waals surface area contributed by atoms with Crippen molar-refractivity contribution in [3.63, 3.8) is 0 Å². The Labute approximate surface area is 61.8 Å². The molecular formula is C5H4N4O2. The van der Waals surface area contributed by atoms with Crippen molar-refractivity contribution in [2.24, 2.45) is 0 Å². The van der Waals surface area contributed by atoms with Crippen molar-refractivity contribution in [1.82, 2.24) is 15.4 Å². The lowest BCUT2D eigenvalue weighted by atomic mass is 10.5. The molecular weight excluding hydrogens is 148 g/mol. The van der Waals surface area contributed by atoms with E-state index in [0.29, 0.717) is 0 Å². The predicted molar refractivity (Wildman–Crippen MR) is 32.3 cm³/mol. The lowest BCUT2D eigenvalue weighted by Gasteiger charge is -1.92. The van der Waals surface area contributed by atoms with Gasteiger partial charge in [-0.1, -0.05) is 0 Å². The normalized spacial score (nSPS) is 8.64. The van der Waals surface area contributed by atoms with Crippen molar-refractivity contribution in [2.75, 3.05) is 6.61 Å². The molecule has 6 nitrogen and oxygen atoms in total. The molecule has 0 saturated heterocycles. The third-order valence-electron chi connectivity index (χ3n) is 0.892. The van der Waals surface area contributed by atoms with Gasteiger partial charge in [0.2, 0.25) is 0 Å². The number of esters is 1. The average molecular weight is 152 g/mol. The number of carbonyl (C=O) groups excluding carboxylic acids is 1. The summed E-state index contributed by atoms with van der Waals surface area (Å²) in [4.78, 5) is 10.8. The number of ether oxygens (including phenoxy) is 1. The fraction of sp³-hybridized carbons (Fsp3) is 0.200. The summed E-state index contributed by atoms with van der Waals surface area (Å²) in [6.07, 6.45) is 1.22. The van der Waals surface area contributed by atoms with Crippen LogP contribution in [0.5, 0.6) is 0 Å². The Bertz CT molecular complexity index is 273. The van der Waals surface area contributed by atoms with Gasteiger partial charge in [0.05, 0.1) is 6.20 Å². The molecule has 0 radical (unpaired) electrons. The first-order valence-corrected chi connectivity index (χ1v) is 2.74. The summed E-state index contributed by atoms with van der Waals surface area (Å²) in [6, 6.07) is 1.66. The minimum Gasteiger partial charge on any atom is -0.445 e. The number of aromatic nitrogens is 3. The van der Waals surface area contributed by atoms with Crippen molar-refractivity contribution < 1.29 is 9.53 Å². The summed E-state index contributed by atoms with van der Waals surface area (Å²) < 4.78 is 4.41. The predicted octanol–water partition coefficient (Wildman–Crippen LogP) is -0.515. The topological polar surface area (TPSA) is 91.7 Å². The number of nitrogens with one attached hydrogen (secondary N) is 1. The van der Waals surface area contributed by atoms with Crippen LogP contribution in [0.2, 0.25) is 0 Å². The van der Waals surface area contributed by atoms with Crippen molar-refractivity contribution in [3.05, 3.63) is 11.9 Å². The monoisotopic (exact) mass is 152 g/mol. The van der Waals surface area contributed by atoms with Crippen LogP contribution in [0.15, 0.2) is 6.20 Å². The summed E-state index contributed by atoms with van der Waals surface area (Å²) in [7, 11) is 0. The summed E-state index contributed by atoms with van der Waals surface area (Å²) >= 11 is 0. The van der Waals surface area contributed by atoms with E-state index in [9.17, 15) is 4.79 Å². The van der Waals surface area contributed by atoms with Crippen molar-refractivity contribution in [2.45, 2.75) is 0 Å². The Morgan fingerprint density at radius 2 is 2.73 bits per heavy atom. The standard InChI is InChI=1S/C5H4N4O2/c6-1-2-11-5(10)4-3-7-9-8-4/h3H,2H2,(H,7,8,9). The highest BCUT2D eigenvalue weighted by Gasteiger charge is 2.08. The van der Waals surface area contributed by atoms with Gasteiger partial charge in [0.15, 0.2) is 12.3 Å².